The van der Waals surface area contributed by atoms with Crippen LogP contribution < -0.4 is 0 Å². The molecule has 0 N–H and O–H groups in total. The molecule has 1 fully saturated rings. The van der Waals surface area contributed by atoms with E-state index in [1.54, 1.807) is 6.08 Å². The van der Waals surface area contributed by atoms with E-state index >= 15 is 0 Å². The van der Waals surface area contributed by atoms with Gasteiger partial charge in [-0.05, 0) is 24.0 Å². The molecule has 1 aromatic carbocycles. The minimum Gasteiger partial charge on any atom is -0.298 e. The lowest BCUT2D eigenvalue weighted by Gasteiger charge is -2.18. The molecule has 1 aromatic rings. The van der Waals surface area contributed by atoms with Crippen LogP contribution in [0, 0.1) is 5.92 Å². The third-order valence-electron chi connectivity index (χ3n) is 4.67. The average molecular weight is 419 g/mol. The zero-order chi connectivity index (χ0) is 23.6. The second-order valence-electron chi connectivity index (χ2n) is 7.44. The predicted molar refractivity (Wildman–Crippen MR) is 136 cm³/mol. The van der Waals surface area contributed by atoms with E-state index in [0.717, 1.165) is 17.1 Å². The van der Waals surface area contributed by atoms with Crippen molar-refractivity contribution in [1.29, 1.82) is 0 Å². The quantitative estimate of drug-likeness (QED) is 0.244. The van der Waals surface area contributed by atoms with Crippen LogP contribution in [0.2, 0.25) is 0 Å². The van der Waals surface area contributed by atoms with Crippen LogP contribution in [-0.4, -0.2) is 12.1 Å². The molecule has 0 radical (unpaired) electrons. The second kappa shape index (κ2) is 16.8. The molecule has 1 aliphatic carbocycles. The molecular weight excluding hydrogens is 380 g/mol. The zero-order valence-corrected chi connectivity index (χ0v) is 19.7. The van der Waals surface area contributed by atoms with Gasteiger partial charge in [0.25, 0.3) is 0 Å². The van der Waals surface area contributed by atoms with Gasteiger partial charge in [0, 0.05) is 16.7 Å². The van der Waals surface area contributed by atoms with Crippen LogP contribution in [0.4, 0.5) is 0 Å². The van der Waals surface area contributed by atoms with Gasteiger partial charge in [0.05, 0.1) is 0 Å². The maximum atomic E-state index is 12.4. The molecule has 166 valence electrons. The summed E-state index contributed by atoms with van der Waals surface area (Å²) >= 11 is 0. The van der Waals surface area contributed by atoms with E-state index < -0.39 is 0 Å². The smallest absolute Gasteiger partial charge is 0.193 e. The average Bonchev–Trinajstić information content (AvgIpc) is 2.77. The molecule has 2 heteroatoms. The lowest BCUT2D eigenvalue weighted by Crippen LogP contribution is -2.05. The van der Waals surface area contributed by atoms with Gasteiger partial charge in [0.2, 0.25) is 0 Å². The number of carbonyl (C=O) groups excluding carboxylic acids is 2. The van der Waals surface area contributed by atoms with Crippen LogP contribution in [0.5, 0.6) is 0 Å². The van der Waals surface area contributed by atoms with Crippen molar-refractivity contribution in [3.63, 3.8) is 0 Å². The molecule has 1 aliphatic rings. The first-order valence-electron chi connectivity index (χ1n) is 11.0. The van der Waals surface area contributed by atoms with Crippen LogP contribution in [0.1, 0.15) is 58.9 Å². The summed E-state index contributed by atoms with van der Waals surface area (Å²) in [5.74, 6) is 0.719. The molecule has 0 amide bonds. The number of allylic oxidation sites excluding steroid dienone is 9. The van der Waals surface area contributed by atoms with E-state index in [-0.39, 0.29) is 22.5 Å². The van der Waals surface area contributed by atoms with Crippen molar-refractivity contribution in [2.45, 2.75) is 53.4 Å². The molecule has 0 atom stereocenters. The monoisotopic (exact) mass is 418 g/mol. The van der Waals surface area contributed by atoms with Gasteiger partial charge in [-0.25, -0.2) is 0 Å². The Balaban J connectivity index is 0.000000942. The van der Waals surface area contributed by atoms with Crippen LogP contribution in [0.25, 0.3) is 5.57 Å². The Bertz CT molecular complexity index is 806. The number of hydrogen-bond donors (Lipinski definition) is 0. The fourth-order valence-electron chi connectivity index (χ4n) is 2.60. The van der Waals surface area contributed by atoms with Crippen LogP contribution in [0.15, 0.2) is 97.2 Å². The topological polar surface area (TPSA) is 34.1 Å². The minimum atomic E-state index is -0.346. The van der Waals surface area contributed by atoms with Gasteiger partial charge in [-0.1, -0.05) is 127 Å². The highest BCUT2D eigenvalue weighted by Crippen LogP contribution is 2.24. The Hall–Kier alpha value is -3.00. The third kappa shape index (κ3) is 10.5. The van der Waals surface area contributed by atoms with E-state index in [4.69, 9.17) is 0 Å². The van der Waals surface area contributed by atoms with E-state index in [0.29, 0.717) is 6.29 Å². The molecule has 0 spiro atoms. The summed E-state index contributed by atoms with van der Waals surface area (Å²) in [6, 6.07) is 9.82. The summed E-state index contributed by atoms with van der Waals surface area (Å²) < 4.78 is 0. The van der Waals surface area contributed by atoms with Crippen molar-refractivity contribution in [2.75, 3.05) is 0 Å². The Labute approximate surface area is 189 Å². The fraction of sp³-hybridized carbons (Fsp3) is 0.310. The molecule has 0 aliphatic heterocycles. The Morgan fingerprint density at radius 1 is 1.06 bits per heavy atom. The van der Waals surface area contributed by atoms with E-state index in [1.165, 1.54) is 37.8 Å². The van der Waals surface area contributed by atoms with Crippen molar-refractivity contribution in [3.05, 3.63) is 103 Å². The highest BCUT2D eigenvalue weighted by atomic mass is 16.1. The maximum Gasteiger partial charge on any atom is 0.193 e. The van der Waals surface area contributed by atoms with Gasteiger partial charge < -0.3 is 0 Å². The number of rotatable bonds is 8. The molecule has 0 bridgehead atoms. The van der Waals surface area contributed by atoms with Crippen molar-refractivity contribution in [3.8, 4) is 0 Å². The number of Topliss-reactive ketones (excluding diaryl/α,β-unsaturated/α-hetero) is 1. The van der Waals surface area contributed by atoms with E-state index in [2.05, 4.69) is 40.5 Å². The SMILES string of the molecule is C=C/C(C=O)=C(\C=C)C(=O)C(=C)/C=C\C(=C/C)c1ccccc1.CC1CCC1.CCC. The molecule has 2 nitrogen and oxygen atoms in total. The lowest BCUT2D eigenvalue weighted by molar-refractivity contribution is -0.112. The first-order valence-corrected chi connectivity index (χ1v) is 11.0. The Kier molecular flexibility index (Phi) is 15.1. The summed E-state index contributed by atoms with van der Waals surface area (Å²) in [6.45, 7) is 19.4. The van der Waals surface area contributed by atoms with Gasteiger partial charge >= 0.3 is 0 Å². The van der Waals surface area contributed by atoms with E-state index in [1.807, 2.05) is 49.4 Å². The second-order valence-corrected chi connectivity index (χ2v) is 7.44. The fourth-order valence-corrected chi connectivity index (χ4v) is 2.60. The predicted octanol–water partition coefficient (Wildman–Crippen LogP) is 7.86. The first kappa shape index (κ1) is 28.0. The number of carbonyl (C=O) groups is 2. The molecule has 0 aromatic heterocycles. The van der Waals surface area contributed by atoms with Gasteiger partial charge in [-0.3, -0.25) is 9.59 Å². The zero-order valence-electron chi connectivity index (χ0n) is 19.7. The van der Waals surface area contributed by atoms with Gasteiger partial charge in [-0.2, -0.15) is 0 Å². The van der Waals surface area contributed by atoms with Crippen molar-refractivity contribution in [1.82, 2.24) is 0 Å². The Morgan fingerprint density at radius 3 is 1.97 bits per heavy atom. The van der Waals surface area contributed by atoms with Gasteiger partial charge in [-0.15, -0.1) is 0 Å². The number of benzene rings is 1. The van der Waals surface area contributed by atoms with E-state index in [9.17, 15) is 9.59 Å². The highest BCUT2D eigenvalue weighted by Gasteiger charge is 2.12. The van der Waals surface area contributed by atoms with Crippen LogP contribution in [-0.2, 0) is 9.59 Å². The lowest BCUT2D eigenvalue weighted by atomic mass is 9.88. The summed E-state index contributed by atoms with van der Waals surface area (Å²) in [6.07, 6.45) is 14.4. The summed E-state index contributed by atoms with van der Waals surface area (Å²) in [4.78, 5) is 23.3. The maximum absolute atomic E-state index is 12.4. The van der Waals surface area contributed by atoms with Crippen molar-refractivity contribution in [2.24, 2.45) is 5.92 Å². The van der Waals surface area contributed by atoms with Crippen molar-refractivity contribution >= 4 is 17.6 Å². The normalized spacial score (nSPS) is 14.0. The molecule has 31 heavy (non-hydrogen) atoms. The first-order chi connectivity index (χ1) is 14.9. The molecule has 0 heterocycles. The largest absolute Gasteiger partial charge is 0.298 e. The highest BCUT2D eigenvalue weighted by molar-refractivity contribution is 6.14. The summed E-state index contributed by atoms with van der Waals surface area (Å²) in [7, 11) is 0. The standard InChI is InChI=1S/C21H20O2.C5H10.C3H8/c1-5-17(19-11-9-8-10-12-19)14-13-16(4)21(23)20(7-3)18(6-2)15-22;1-5-3-2-4-5;1-3-2/h5-15H,2-4H2,1H3;5H,2-4H2,1H3;3H2,1-2H3/b14-13-,17-5+,20-18-;;. The van der Waals surface area contributed by atoms with Gasteiger partial charge in [0.15, 0.2) is 12.1 Å². The summed E-state index contributed by atoms with van der Waals surface area (Å²) in [5, 5.41) is 0. The summed E-state index contributed by atoms with van der Waals surface area (Å²) in [5.41, 5.74) is 2.70. The molecule has 0 unspecified atom stereocenters. The number of hydrogen-bond acceptors (Lipinski definition) is 2. The van der Waals surface area contributed by atoms with Gasteiger partial charge in [0.1, 0.15) is 0 Å². The molecule has 2 rings (SSSR count). The molecule has 1 saturated carbocycles. The van der Waals surface area contributed by atoms with Crippen molar-refractivity contribution < 1.29 is 9.59 Å². The Morgan fingerprint density at radius 2 is 1.61 bits per heavy atom. The van der Waals surface area contributed by atoms with Crippen LogP contribution >= 0.6 is 0 Å². The number of ketones is 1. The molecular formula is C29H38O2. The minimum absolute atomic E-state index is 0.200. The third-order valence-corrected chi connectivity index (χ3v) is 4.67. The molecule has 0 saturated heterocycles. The van der Waals surface area contributed by atoms with Crippen LogP contribution in [0.3, 0.4) is 0 Å². The number of aldehydes is 1.